The number of ether oxygens (including phenoxy) is 1. The van der Waals surface area contributed by atoms with Gasteiger partial charge in [0.2, 0.25) is 5.91 Å². The molecule has 0 radical (unpaired) electrons. The van der Waals surface area contributed by atoms with Crippen LogP contribution in [-0.2, 0) is 11.3 Å². The number of aliphatic imine (C=N–C) groups is 1. The molecule has 0 unspecified atom stereocenters. The summed E-state index contributed by atoms with van der Waals surface area (Å²) >= 11 is 0. The Bertz CT molecular complexity index is 564. The molecule has 0 spiro atoms. The van der Waals surface area contributed by atoms with Crippen LogP contribution in [0, 0.1) is 0 Å². The van der Waals surface area contributed by atoms with Gasteiger partial charge >= 0.3 is 0 Å². The van der Waals surface area contributed by atoms with E-state index in [9.17, 15) is 4.79 Å². The number of hydrogen-bond donors (Lipinski definition) is 2. The molecule has 1 aromatic rings. The molecule has 0 atom stereocenters. The van der Waals surface area contributed by atoms with Gasteiger partial charge in [0.15, 0.2) is 5.96 Å². The number of carbonyl (C=O) groups excluding carboxylic acids is 1. The highest BCUT2D eigenvalue weighted by Gasteiger charge is 2.14. The highest BCUT2D eigenvalue weighted by molar-refractivity contribution is 5.85. The van der Waals surface area contributed by atoms with E-state index in [0.717, 1.165) is 17.9 Å². The lowest BCUT2D eigenvalue weighted by Crippen LogP contribution is -2.43. The van der Waals surface area contributed by atoms with E-state index in [1.54, 1.807) is 7.11 Å². The van der Waals surface area contributed by atoms with E-state index < -0.39 is 0 Å². The smallest absolute Gasteiger partial charge is 0.242 e. The SMILES string of the molecule is CCNC(=NCC(=O)NC(C)(C)C)N(C)Cc1ccccc1OC. The van der Waals surface area contributed by atoms with Crippen molar-refractivity contribution in [3.05, 3.63) is 29.8 Å². The van der Waals surface area contributed by atoms with Crippen LogP contribution in [0.3, 0.4) is 0 Å². The van der Waals surface area contributed by atoms with Crippen LogP contribution in [0.1, 0.15) is 33.3 Å². The second-order valence-electron chi connectivity index (χ2n) is 6.64. The van der Waals surface area contributed by atoms with Gasteiger partial charge in [-0.05, 0) is 33.8 Å². The van der Waals surface area contributed by atoms with E-state index in [2.05, 4.69) is 15.6 Å². The summed E-state index contributed by atoms with van der Waals surface area (Å²) in [5.41, 5.74) is 0.807. The minimum Gasteiger partial charge on any atom is -0.496 e. The van der Waals surface area contributed by atoms with Gasteiger partial charge in [-0.25, -0.2) is 4.99 Å². The minimum atomic E-state index is -0.256. The topological polar surface area (TPSA) is 66.0 Å². The molecule has 1 rings (SSSR count). The summed E-state index contributed by atoms with van der Waals surface area (Å²) in [7, 11) is 3.60. The van der Waals surface area contributed by atoms with Crippen molar-refractivity contribution in [1.29, 1.82) is 0 Å². The van der Waals surface area contributed by atoms with Crippen molar-refractivity contribution >= 4 is 11.9 Å². The molecule has 134 valence electrons. The maximum Gasteiger partial charge on any atom is 0.242 e. The first-order valence-corrected chi connectivity index (χ1v) is 8.19. The molecule has 1 aromatic carbocycles. The predicted molar refractivity (Wildman–Crippen MR) is 98.3 cm³/mol. The second-order valence-corrected chi connectivity index (χ2v) is 6.64. The fraction of sp³-hybridized carbons (Fsp3) is 0.556. The number of hydrogen-bond acceptors (Lipinski definition) is 3. The molecule has 0 aliphatic carbocycles. The molecule has 0 aromatic heterocycles. The summed E-state index contributed by atoms with van der Waals surface area (Å²) in [4.78, 5) is 18.4. The second kappa shape index (κ2) is 9.15. The van der Waals surface area contributed by atoms with Gasteiger partial charge in [0.1, 0.15) is 12.3 Å². The Kier molecular flexibility index (Phi) is 7.55. The van der Waals surface area contributed by atoms with E-state index in [-0.39, 0.29) is 18.0 Å². The van der Waals surface area contributed by atoms with Crippen LogP contribution in [0.15, 0.2) is 29.3 Å². The van der Waals surface area contributed by atoms with Crippen LogP contribution >= 0.6 is 0 Å². The molecular weight excluding hydrogens is 304 g/mol. The lowest BCUT2D eigenvalue weighted by atomic mass is 10.1. The van der Waals surface area contributed by atoms with E-state index in [4.69, 9.17) is 4.74 Å². The lowest BCUT2D eigenvalue weighted by Gasteiger charge is -2.23. The van der Waals surface area contributed by atoms with Crippen molar-refractivity contribution in [2.24, 2.45) is 4.99 Å². The molecule has 6 nitrogen and oxygen atoms in total. The molecule has 0 aliphatic heterocycles. The number of carbonyl (C=O) groups is 1. The van der Waals surface area contributed by atoms with Crippen LogP contribution in [0.4, 0.5) is 0 Å². The highest BCUT2D eigenvalue weighted by atomic mass is 16.5. The Morgan fingerprint density at radius 2 is 1.96 bits per heavy atom. The number of nitrogens with zero attached hydrogens (tertiary/aromatic N) is 2. The number of rotatable bonds is 6. The first kappa shape index (κ1) is 19.8. The third-order valence-electron chi connectivity index (χ3n) is 3.18. The van der Waals surface area contributed by atoms with Crippen LogP contribution in [0.5, 0.6) is 5.75 Å². The van der Waals surface area contributed by atoms with Crippen molar-refractivity contribution < 1.29 is 9.53 Å². The maximum atomic E-state index is 12.0. The average molecular weight is 334 g/mol. The number of methoxy groups -OCH3 is 1. The highest BCUT2D eigenvalue weighted by Crippen LogP contribution is 2.18. The van der Waals surface area contributed by atoms with Crippen molar-refractivity contribution in [2.45, 2.75) is 39.8 Å². The Labute approximate surface area is 145 Å². The van der Waals surface area contributed by atoms with Crippen LogP contribution in [0.2, 0.25) is 0 Å². The van der Waals surface area contributed by atoms with Gasteiger partial charge in [-0.1, -0.05) is 18.2 Å². The number of amides is 1. The Morgan fingerprint density at radius 1 is 1.29 bits per heavy atom. The molecule has 1 amide bonds. The summed E-state index contributed by atoms with van der Waals surface area (Å²) in [6, 6.07) is 7.88. The normalized spacial score (nSPS) is 11.8. The van der Waals surface area contributed by atoms with Gasteiger partial charge in [-0.3, -0.25) is 4.79 Å². The van der Waals surface area contributed by atoms with Gasteiger partial charge < -0.3 is 20.3 Å². The van der Waals surface area contributed by atoms with Crippen molar-refractivity contribution in [2.75, 3.05) is 27.2 Å². The quantitative estimate of drug-likeness (QED) is 0.617. The third kappa shape index (κ3) is 6.89. The zero-order valence-electron chi connectivity index (χ0n) is 15.6. The Morgan fingerprint density at radius 3 is 2.54 bits per heavy atom. The lowest BCUT2D eigenvalue weighted by molar-refractivity contribution is -0.121. The zero-order chi connectivity index (χ0) is 18.2. The summed E-state index contributed by atoms with van der Waals surface area (Å²) < 4.78 is 5.39. The van der Waals surface area contributed by atoms with E-state index in [1.807, 2.05) is 63.9 Å². The molecular formula is C18H30N4O2. The standard InChI is InChI=1S/C18H30N4O2/c1-7-19-17(20-12-16(23)21-18(2,3)4)22(5)13-14-10-8-9-11-15(14)24-6/h8-11H,7,12-13H2,1-6H3,(H,19,20)(H,21,23). The van der Waals surface area contributed by atoms with Gasteiger partial charge in [0.25, 0.3) is 0 Å². The number of guanidine groups is 1. The monoisotopic (exact) mass is 334 g/mol. The largest absolute Gasteiger partial charge is 0.496 e. The summed E-state index contributed by atoms with van der Waals surface area (Å²) in [5, 5.41) is 6.12. The van der Waals surface area contributed by atoms with Gasteiger partial charge in [0.05, 0.1) is 7.11 Å². The molecule has 0 fully saturated rings. The summed E-state index contributed by atoms with van der Waals surface area (Å²) in [6.07, 6.45) is 0. The molecule has 2 N–H and O–H groups in total. The Balaban J connectivity index is 2.79. The van der Waals surface area contributed by atoms with Crippen molar-refractivity contribution in [3.63, 3.8) is 0 Å². The van der Waals surface area contributed by atoms with Crippen molar-refractivity contribution in [1.82, 2.24) is 15.5 Å². The Hall–Kier alpha value is -2.24. The number of nitrogens with one attached hydrogen (secondary N) is 2. The maximum absolute atomic E-state index is 12.0. The number of benzene rings is 1. The molecule has 0 saturated heterocycles. The van der Waals surface area contributed by atoms with E-state index in [0.29, 0.717) is 12.5 Å². The van der Waals surface area contributed by atoms with E-state index >= 15 is 0 Å². The minimum absolute atomic E-state index is 0.0931. The van der Waals surface area contributed by atoms with Crippen molar-refractivity contribution in [3.8, 4) is 5.75 Å². The molecule has 6 heteroatoms. The molecule has 24 heavy (non-hydrogen) atoms. The first-order valence-electron chi connectivity index (χ1n) is 8.19. The van der Waals surface area contributed by atoms with Crippen LogP contribution in [-0.4, -0.2) is 49.6 Å². The van der Waals surface area contributed by atoms with Crippen LogP contribution < -0.4 is 15.4 Å². The predicted octanol–water partition coefficient (Wildman–Crippen LogP) is 2.01. The van der Waals surface area contributed by atoms with Gasteiger partial charge in [-0.15, -0.1) is 0 Å². The molecule has 0 saturated carbocycles. The molecule has 0 aliphatic rings. The first-order chi connectivity index (χ1) is 11.3. The van der Waals surface area contributed by atoms with Gasteiger partial charge in [-0.2, -0.15) is 0 Å². The number of para-hydroxylation sites is 1. The fourth-order valence-electron chi connectivity index (χ4n) is 2.24. The van der Waals surface area contributed by atoms with Gasteiger partial charge in [0, 0.05) is 31.2 Å². The summed E-state index contributed by atoms with van der Waals surface area (Å²) in [5.74, 6) is 1.43. The fourth-order valence-corrected chi connectivity index (χ4v) is 2.24. The molecule has 0 heterocycles. The van der Waals surface area contributed by atoms with Crippen LogP contribution in [0.25, 0.3) is 0 Å². The molecule has 0 bridgehead atoms. The van der Waals surface area contributed by atoms with E-state index in [1.165, 1.54) is 0 Å². The summed E-state index contributed by atoms with van der Waals surface area (Å²) in [6.45, 7) is 9.32. The third-order valence-corrected chi connectivity index (χ3v) is 3.18. The zero-order valence-corrected chi connectivity index (χ0v) is 15.6. The average Bonchev–Trinajstić information content (AvgIpc) is 2.50.